The minimum absolute atomic E-state index is 0.261. The molecule has 1 aromatic heterocycles. The predicted molar refractivity (Wildman–Crippen MR) is 70.2 cm³/mol. The molecule has 1 unspecified atom stereocenters. The zero-order chi connectivity index (χ0) is 13.8. The van der Waals surface area contributed by atoms with Gasteiger partial charge in [-0.1, -0.05) is 6.07 Å². The van der Waals surface area contributed by atoms with Crippen LogP contribution in [0.3, 0.4) is 0 Å². The van der Waals surface area contributed by atoms with Crippen molar-refractivity contribution in [2.45, 2.75) is 39.3 Å². The average Bonchev–Trinajstić information content (AvgIpc) is 2.77. The maximum absolute atomic E-state index is 11.7. The number of rotatable bonds is 4. The van der Waals surface area contributed by atoms with Gasteiger partial charge in [0.15, 0.2) is 0 Å². The maximum Gasteiger partial charge on any atom is 0.265 e. The van der Waals surface area contributed by atoms with Gasteiger partial charge in [0.05, 0.1) is 10.5 Å². The van der Waals surface area contributed by atoms with Gasteiger partial charge < -0.3 is 5.32 Å². The van der Waals surface area contributed by atoms with Crippen LogP contribution in [0.2, 0.25) is 0 Å². The monoisotopic (exact) mass is 270 g/mol. The van der Waals surface area contributed by atoms with Crippen LogP contribution in [0.25, 0.3) is 0 Å². The van der Waals surface area contributed by atoms with Crippen molar-refractivity contribution in [3.8, 4) is 0 Å². The highest BCUT2D eigenvalue weighted by molar-refractivity contribution is 7.12. The molecule has 0 fully saturated rings. The third kappa shape index (κ3) is 4.85. The van der Waals surface area contributed by atoms with E-state index in [9.17, 15) is 9.59 Å². The fraction of sp³-hybridized carbons (Fsp3) is 0.500. The molecule has 0 aromatic carbocycles. The van der Waals surface area contributed by atoms with Crippen LogP contribution in [0.4, 0.5) is 0 Å². The summed E-state index contributed by atoms with van der Waals surface area (Å²) in [5.41, 5.74) is 1.86. The minimum Gasteiger partial charge on any atom is -0.340 e. The number of hydrogen-bond donors (Lipinski definition) is 2. The molecule has 2 amide bonds. The van der Waals surface area contributed by atoms with Crippen molar-refractivity contribution in [2.24, 2.45) is 0 Å². The quantitative estimate of drug-likeness (QED) is 0.818. The first-order chi connectivity index (χ1) is 8.29. The van der Waals surface area contributed by atoms with Crippen LogP contribution in [-0.4, -0.2) is 23.5 Å². The van der Waals surface area contributed by atoms with Crippen LogP contribution in [0, 0.1) is 0 Å². The van der Waals surface area contributed by atoms with E-state index in [0.717, 1.165) is 0 Å². The summed E-state index contributed by atoms with van der Waals surface area (Å²) in [6.45, 7) is 7.07. The van der Waals surface area contributed by atoms with Crippen molar-refractivity contribution in [3.63, 3.8) is 0 Å². The molecule has 0 radical (unpaired) electrons. The van der Waals surface area contributed by atoms with Crippen LogP contribution in [0.5, 0.6) is 0 Å². The molecule has 1 atom stereocenters. The fourth-order valence-electron chi connectivity index (χ4n) is 1.03. The van der Waals surface area contributed by atoms with Gasteiger partial charge in [-0.3, -0.25) is 14.4 Å². The van der Waals surface area contributed by atoms with E-state index in [1.807, 2.05) is 26.2 Å². The van der Waals surface area contributed by atoms with Crippen molar-refractivity contribution in [1.29, 1.82) is 0 Å². The van der Waals surface area contributed by atoms with Crippen LogP contribution < -0.4 is 10.8 Å². The second-order valence-electron chi connectivity index (χ2n) is 4.85. The van der Waals surface area contributed by atoms with Crippen LogP contribution in [0.15, 0.2) is 17.5 Å². The summed E-state index contributed by atoms with van der Waals surface area (Å²) in [6.07, 6.45) is 0. The number of hydroxylamine groups is 1. The Kier molecular flexibility index (Phi) is 4.86. The van der Waals surface area contributed by atoms with Crippen LogP contribution >= 0.6 is 11.3 Å². The number of amides is 2. The zero-order valence-corrected chi connectivity index (χ0v) is 11.8. The molecule has 2 N–H and O–H groups in total. The van der Waals surface area contributed by atoms with Crippen molar-refractivity contribution in [1.82, 2.24) is 10.8 Å². The number of thiophene rings is 1. The number of carbonyl (C=O) groups is 2. The van der Waals surface area contributed by atoms with E-state index in [0.29, 0.717) is 4.88 Å². The van der Waals surface area contributed by atoms with E-state index < -0.39 is 11.6 Å². The second-order valence-corrected chi connectivity index (χ2v) is 5.80. The van der Waals surface area contributed by atoms with Crippen LogP contribution in [0.1, 0.15) is 37.4 Å². The zero-order valence-electron chi connectivity index (χ0n) is 10.9. The Morgan fingerprint density at radius 1 is 1.39 bits per heavy atom. The van der Waals surface area contributed by atoms with E-state index in [1.165, 1.54) is 11.3 Å². The van der Waals surface area contributed by atoms with Gasteiger partial charge in [0.25, 0.3) is 11.8 Å². The standard InChI is InChI=1S/C12H18N2O3S/c1-8(10(15)14-17-12(2,3)4)13-11(16)9-6-5-7-18-9/h5-8H,1-4H3,(H,13,16)(H,14,15). The highest BCUT2D eigenvalue weighted by atomic mass is 32.1. The Balaban J connectivity index is 2.43. The molecule has 0 saturated carbocycles. The molecule has 1 rings (SSSR count). The largest absolute Gasteiger partial charge is 0.340 e. The van der Waals surface area contributed by atoms with E-state index in [2.05, 4.69) is 10.8 Å². The summed E-state index contributed by atoms with van der Waals surface area (Å²) in [4.78, 5) is 29.1. The summed E-state index contributed by atoms with van der Waals surface area (Å²) < 4.78 is 0. The summed E-state index contributed by atoms with van der Waals surface area (Å²) in [5, 5.41) is 4.41. The molecular weight excluding hydrogens is 252 g/mol. The first-order valence-electron chi connectivity index (χ1n) is 5.62. The Labute approximate surface area is 110 Å². The number of hydrogen-bond acceptors (Lipinski definition) is 4. The summed E-state index contributed by atoms with van der Waals surface area (Å²) in [6, 6.07) is 2.84. The average molecular weight is 270 g/mol. The molecular formula is C12H18N2O3S. The second kappa shape index (κ2) is 5.97. The Morgan fingerprint density at radius 2 is 2.06 bits per heavy atom. The molecule has 100 valence electrons. The topological polar surface area (TPSA) is 67.4 Å². The van der Waals surface area contributed by atoms with Crippen molar-refractivity contribution in [3.05, 3.63) is 22.4 Å². The SMILES string of the molecule is CC(NC(=O)c1cccs1)C(=O)NOC(C)(C)C. The summed E-state index contributed by atoms with van der Waals surface area (Å²) in [5.74, 6) is -0.641. The lowest BCUT2D eigenvalue weighted by molar-refractivity contribution is -0.147. The molecule has 0 aliphatic rings. The van der Waals surface area contributed by atoms with E-state index in [-0.39, 0.29) is 11.8 Å². The minimum atomic E-state index is -0.651. The van der Waals surface area contributed by atoms with Gasteiger partial charge in [0.2, 0.25) is 0 Å². The lowest BCUT2D eigenvalue weighted by Crippen LogP contribution is -2.46. The molecule has 6 heteroatoms. The highest BCUT2D eigenvalue weighted by Gasteiger charge is 2.19. The van der Waals surface area contributed by atoms with Crippen molar-refractivity contribution in [2.75, 3.05) is 0 Å². The molecule has 0 saturated heterocycles. The van der Waals surface area contributed by atoms with Gasteiger partial charge in [-0.2, -0.15) is 0 Å². The van der Waals surface area contributed by atoms with Gasteiger partial charge in [0.1, 0.15) is 6.04 Å². The van der Waals surface area contributed by atoms with E-state index >= 15 is 0 Å². The molecule has 0 bridgehead atoms. The van der Waals surface area contributed by atoms with Crippen molar-refractivity contribution >= 4 is 23.2 Å². The lowest BCUT2D eigenvalue weighted by atomic mass is 10.2. The smallest absolute Gasteiger partial charge is 0.265 e. The van der Waals surface area contributed by atoms with Gasteiger partial charge >= 0.3 is 0 Å². The third-order valence-corrected chi connectivity index (χ3v) is 2.81. The van der Waals surface area contributed by atoms with E-state index in [4.69, 9.17) is 4.84 Å². The van der Waals surface area contributed by atoms with Gasteiger partial charge in [0, 0.05) is 0 Å². The highest BCUT2D eigenvalue weighted by Crippen LogP contribution is 2.08. The fourth-order valence-corrected chi connectivity index (χ4v) is 1.66. The molecule has 0 aliphatic carbocycles. The number of carbonyl (C=O) groups excluding carboxylic acids is 2. The van der Waals surface area contributed by atoms with Crippen molar-refractivity contribution < 1.29 is 14.4 Å². The molecule has 18 heavy (non-hydrogen) atoms. The first kappa shape index (κ1) is 14.7. The summed E-state index contributed by atoms with van der Waals surface area (Å²) >= 11 is 1.33. The molecule has 1 heterocycles. The molecule has 0 spiro atoms. The third-order valence-electron chi connectivity index (χ3n) is 1.94. The van der Waals surface area contributed by atoms with Gasteiger partial charge in [-0.25, -0.2) is 5.48 Å². The predicted octanol–water partition coefficient (Wildman–Crippen LogP) is 1.71. The molecule has 5 nitrogen and oxygen atoms in total. The lowest BCUT2D eigenvalue weighted by Gasteiger charge is -2.21. The normalized spacial score (nSPS) is 12.9. The van der Waals surface area contributed by atoms with Gasteiger partial charge in [-0.05, 0) is 39.1 Å². The van der Waals surface area contributed by atoms with Crippen LogP contribution in [-0.2, 0) is 9.63 Å². The molecule has 1 aromatic rings. The first-order valence-corrected chi connectivity index (χ1v) is 6.50. The Bertz CT molecular complexity index is 409. The Morgan fingerprint density at radius 3 is 2.56 bits per heavy atom. The Hall–Kier alpha value is -1.40. The summed E-state index contributed by atoms with van der Waals surface area (Å²) in [7, 11) is 0. The molecule has 0 aliphatic heterocycles. The number of nitrogens with one attached hydrogen (secondary N) is 2. The maximum atomic E-state index is 11.7. The van der Waals surface area contributed by atoms with Gasteiger partial charge in [-0.15, -0.1) is 11.3 Å². The van der Waals surface area contributed by atoms with E-state index in [1.54, 1.807) is 19.1 Å².